The van der Waals surface area contributed by atoms with Crippen molar-refractivity contribution in [2.45, 2.75) is 19.7 Å². The van der Waals surface area contributed by atoms with Crippen molar-refractivity contribution in [2.75, 3.05) is 11.1 Å². The Balaban J connectivity index is 1.73. The van der Waals surface area contributed by atoms with Crippen LogP contribution in [0.15, 0.2) is 72.9 Å². The Morgan fingerprint density at radius 2 is 1.69 bits per heavy atom. The second kappa shape index (κ2) is 9.57. The van der Waals surface area contributed by atoms with Crippen molar-refractivity contribution in [2.24, 2.45) is 0 Å². The number of carbonyl (C=O) groups excluding carboxylic acids is 3. The lowest BCUT2D eigenvalue weighted by molar-refractivity contribution is -0.167. The van der Waals surface area contributed by atoms with Crippen LogP contribution in [0.5, 0.6) is 0 Å². The molecular formula is C26H20F3N3O4. The van der Waals surface area contributed by atoms with E-state index in [0.29, 0.717) is 22.3 Å². The predicted molar refractivity (Wildman–Crippen MR) is 127 cm³/mol. The van der Waals surface area contributed by atoms with Gasteiger partial charge in [-0.2, -0.15) is 13.2 Å². The number of carbonyl (C=O) groups is 3. The summed E-state index contributed by atoms with van der Waals surface area (Å²) in [5.41, 5.74) is 7.69. The number of rotatable bonds is 6. The van der Waals surface area contributed by atoms with Crippen molar-refractivity contribution < 1.29 is 32.3 Å². The molecule has 0 aliphatic heterocycles. The molecule has 2 aromatic carbocycles. The molecule has 0 saturated heterocycles. The van der Waals surface area contributed by atoms with E-state index in [4.69, 9.17) is 10.5 Å². The Kier molecular flexibility index (Phi) is 6.52. The average molecular weight is 495 g/mol. The summed E-state index contributed by atoms with van der Waals surface area (Å²) in [4.78, 5) is 37.9. The van der Waals surface area contributed by atoms with E-state index in [1.54, 1.807) is 71.4 Å². The van der Waals surface area contributed by atoms with Gasteiger partial charge in [0, 0.05) is 17.3 Å². The molecule has 0 aliphatic carbocycles. The Hall–Kier alpha value is -4.60. The molecule has 4 aromatic rings. The van der Waals surface area contributed by atoms with Crippen LogP contribution < -0.4 is 11.1 Å². The van der Waals surface area contributed by atoms with Crippen LogP contribution in [0.4, 0.5) is 24.5 Å². The fourth-order valence-electron chi connectivity index (χ4n) is 3.73. The fraction of sp³-hybridized carbons (Fsp3) is 0.115. The van der Waals surface area contributed by atoms with Crippen molar-refractivity contribution in [1.82, 2.24) is 4.40 Å². The number of alkyl halides is 3. The molecule has 36 heavy (non-hydrogen) atoms. The lowest BCUT2D eigenvalue weighted by atomic mass is 10.0. The van der Waals surface area contributed by atoms with Gasteiger partial charge in [0.15, 0.2) is 0 Å². The monoisotopic (exact) mass is 495 g/mol. The first-order valence-corrected chi connectivity index (χ1v) is 10.7. The molecule has 4 rings (SSSR count). The zero-order valence-corrected chi connectivity index (χ0v) is 18.9. The van der Waals surface area contributed by atoms with Crippen LogP contribution in [-0.2, 0) is 16.1 Å². The van der Waals surface area contributed by atoms with Crippen molar-refractivity contribution in [3.63, 3.8) is 0 Å². The van der Waals surface area contributed by atoms with Crippen molar-refractivity contribution in [1.29, 1.82) is 0 Å². The summed E-state index contributed by atoms with van der Waals surface area (Å²) < 4.78 is 45.4. The highest BCUT2D eigenvalue weighted by atomic mass is 19.4. The molecule has 184 valence electrons. The van der Waals surface area contributed by atoms with Crippen LogP contribution in [0.1, 0.15) is 37.5 Å². The lowest BCUT2D eigenvalue weighted by Crippen LogP contribution is -2.30. The van der Waals surface area contributed by atoms with Gasteiger partial charge in [0.2, 0.25) is 5.78 Å². The second-order valence-corrected chi connectivity index (χ2v) is 7.95. The highest BCUT2D eigenvalue weighted by molar-refractivity contribution is 6.13. The maximum atomic E-state index is 13.4. The van der Waals surface area contributed by atoms with Gasteiger partial charge in [0.1, 0.15) is 6.61 Å². The normalized spacial score (nSPS) is 11.3. The summed E-state index contributed by atoms with van der Waals surface area (Å²) >= 11 is 0. The topological polar surface area (TPSA) is 103 Å². The van der Waals surface area contributed by atoms with E-state index in [1.807, 2.05) is 0 Å². The Morgan fingerprint density at radius 1 is 1.00 bits per heavy atom. The third kappa shape index (κ3) is 4.78. The standard InChI is InChI=1S/C26H20F3N3O4/c1-15-21(30)20-9-5-6-12-32(20)22(15)23(33)17-10-11-19(31-25(35)26(27,28)29)18(13-17)24(34)36-14-16-7-3-2-4-8-16/h2-13H,14,30H2,1H3,(H,31,35). The van der Waals surface area contributed by atoms with Gasteiger partial charge in [0.05, 0.1) is 28.1 Å². The van der Waals surface area contributed by atoms with E-state index in [0.717, 1.165) is 12.1 Å². The molecular weight excluding hydrogens is 475 g/mol. The molecule has 0 spiro atoms. The summed E-state index contributed by atoms with van der Waals surface area (Å²) in [6.45, 7) is 1.51. The fourth-order valence-corrected chi connectivity index (χ4v) is 3.73. The number of pyridine rings is 1. The first kappa shape index (κ1) is 24.5. The number of amides is 1. The van der Waals surface area contributed by atoms with Gasteiger partial charge in [-0.25, -0.2) is 4.79 Å². The molecule has 3 N–H and O–H groups in total. The highest BCUT2D eigenvalue weighted by Crippen LogP contribution is 2.29. The second-order valence-electron chi connectivity index (χ2n) is 7.95. The zero-order chi connectivity index (χ0) is 26.0. The number of nitrogens with zero attached hydrogens (tertiary/aromatic N) is 1. The minimum atomic E-state index is -5.18. The molecule has 1 amide bonds. The van der Waals surface area contributed by atoms with Gasteiger partial charge in [0.25, 0.3) is 0 Å². The molecule has 0 saturated carbocycles. The maximum Gasteiger partial charge on any atom is 0.471 e. The average Bonchev–Trinajstić information content (AvgIpc) is 3.12. The summed E-state index contributed by atoms with van der Waals surface area (Å²) in [5.74, 6) is -3.79. The summed E-state index contributed by atoms with van der Waals surface area (Å²) in [7, 11) is 0. The number of halogens is 3. The molecule has 10 heteroatoms. The van der Waals surface area contributed by atoms with Gasteiger partial charge in [-0.1, -0.05) is 36.4 Å². The van der Waals surface area contributed by atoms with Gasteiger partial charge < -0.3 is 20.2 Å². The number of hydrogen-bond acceptors (Lipinski definition) is 5. The molecule has 0 bridgehead atoms. The zero-order valence-electron chi connectivity index (χ0n) is 18.9. The minimum absolute atomic E-state index is 0.00183. The van der Waals surface area contributed by atoms with E-state index < -0.39 is 35.1 Å². The van der Waals surface area contributed by atoms with Crippen molar-refractivity contribution in [3.05, 3.63) is 101 Å². The predicted octanol–water partition coefficient (Wildman–Crippen LogP) is 4.92. The first-order valence-electron chi connectivity index (χ1n) is 10.7. The van der Waals surface area contributed by atoms with Gasteiger partial charge >= 0.3 is 18.1 Å². The van der Waals surface area contributed by atoms with E-state index in [2.05, 4.69) is 0 Å². The van der Waals surface area contributed by atoms with Crippen LogP contribution in [0.25, 0.3) is 5.52 Å². The number of anilines is 2. The first-order chi connectivity index (χ1) is 17.1. The van der Waals surface area contributed by atoms with E-state index in [1.165, 1.54) is 6.07 Å². The van der Waals surface area contributed by atoms with Gasteiger partial charge in [-0.3, -0.25) is 9.59 Å². The molecule has 0 radical (unpaired) electrons. The maximum absolute atomic E-state index is 13.4. The number of fused-ring (bicyclic) bond motifs is 1. The largest absolute Gasteiger partial charge is 0.471 e. The number of ether oxygens (including phenoxy) is 1. The van der Waals surface area contributed by atoms with Crippen LogP contribution >= 0.6 is 0 Å². The molecule has 0 unspecified atom stereocenters. The smallest absolute Gasteiger partial charge is 0.457 e. The van der Waals surface area contributed by atoms with E-state index in [9.17, 15) is 27.6 Å². The molecule has 2 heterocycles. The Morgan fingerprint density at radius 3 is 2.39 bits per heavy atom. The van der Waals surface area contributed by atoms with Gasteiger partial charge in [-0.15, -0.1) is 0 Å². The van der Waals surface area contributed by atoms with Crippen LogP contribution in [0, 0.1) is 6.92 Å². The number of hydrogen-bond donors (Lipinski definition) is 2. The molecule has 0 fully saturated rings. The quantitative estimate of drug-likeness (QED) is 0.292. The lowest BCUT2D eigenvalue weighted by Gasteiger charge is -2.14. The number of nitrogens with one attached hydrogen (secondary N) is 1. The highest BCUT2D eigenvalue weighted by Gasteiger charge is 2.39. The SMILES string of the molecule is Cc1c(N)c2ccccn2c1C(=O)c1ccc(NC(=O)C(F)(F)F)c(C(=O)OCc2ccccc2)c1. The molecule has 2 aromatic heterocycles. The number of nitrogens with two attached hydrogens (primary N) is 1. The molecule has 7 nitrogen and oxygen atoms in total. The number of esters is 1. The number of aromatic nitrogens is 1. The molecule has 0 atom stereocenters. The van der Waals surface area contributed by atoms with E-state index >= 15 is 0 Å². The summed E-state index contributed by atoms with van der Waals surface area (Å²) in [6.07, 6.45) is -3.53. The van der Waals surface area contributed by atoms with E-state index in [-0.39, 0.29) is 17.9 Å². The number of ketones is 1. The third-order valence-corrected chi connectivity index (χ3v) is 5.57. The van der Waals surface area contributed by atoms with Crippen LogP contribution in [-0.4, -0.2) is 28.2 Å². The van der Waals surface area contributed by atoms with Crippen molar-refractivity contribution in [3.8, 4) is 0 Å². The minimum Gasteiger partial charge on any atom is -0.457 e. The van der Waals surface area contributed by atoms with Crippen LogP contribution in [0.3, 0.4) is 0 Å². The summed E-state index contributed by atoms with van der Waals surface area (Å²) in [5, 5.41) is 1.68. The van der Waals surface area contributed by atoms with Gasteiger partial charge in [-0.05, 0) is 42.8 Å². The number of benzene rings is 2. The third-order valence-electron chi connectivity index (χ3n) is 5.57. The Labute approximate surface area is 203 Å². The Bertz CT molecular complexity index is 1480. The van der Waals surface area contributed by atoms with Crippen LogP contribution in [0.2, 0.25) is 0 Å². The van der Waals surface area contributed by atoms with Crippen molar-refractivity contribution >= 4 is 34.6 Å². The molecule has 0 aliphatic rings. The summed E-state index contributed by atoms with van der Waals surface area (Å²) in [6, 6.07) is 17.2. The number of nitrogen functional groups attached to an aromatic ring is 1.